The molecular weight excluding hydrogens is 98.1 g/mol. The Hall–Kier alpha value is -0.720. The van der Waals surface area contributed by atoms with E-state index in [1.807, 2.05) is 25.2 Å². The van der Waals surface area contributed by atoms with Gasteiger partial charge >= 0.3 is 0 Å². The van der Waals surface area contributed by atoms with Crippen molar-refractivity contribution in [1.82, 2.24) is 0 Å². The van der Waals surface area contributed by atoms with Crippen LogP contribution < -0.4 is 5.73 Å². The molecule has 1 heteroatoms. The van der Waals surface area contributed by atoms with Crippen LogP contribution in [-0.4, -0.2) is 0 Å². The summed E-state index contributed by atoms with van der Waals surface area (Å²) in [6.45, 7) is 4.02. The van der Waals surface area contributed by atoms with Crippen molar-refractivity contribution >= 4 is 0 Å². The molecule has 0 heterocycles. The zero-order valence-electron chi connectivity index (χ0n) is 5.52. The molecule has 0 aliphatic rings. The molecule has 0 fully saturated rings. The SMILES string of the molecule is C/C=C\C(N)=C/CC. The fourth-order valence-electron chi connectivity index (χ4n) is 0.496. The standard InChI is InChI=1S/C7H13N/c1-3-5-7(8)6-4-2/h3,5-6H,4,8H2,1-2H3/b5-3-,7-6+. The molecule has 0 saturated carbocycles. The summed E-state index contributed by atoms with van der Waals surface area (Å²) in [6.07, 6.45) is 6.82. The van der Waals surface area contributed by atoms with Gasteiger partial charge < -0.3 is 5.73 Å². The van der Waals surface area contributed by atoms with Gasteiger partial charge in [0.1, 0.15) is 0 Å². The van der Waals surface area contributed by atoms with Crippen LogP contribution in [0.1, 0.15) is 20.3 Å². The number of hydrogen-bond acceptors (Lipinski definition) is 1. The molecule has 46 valence electrons. The third kappa shape index (κ3) is 3.47. The van der Waals surface area contributed by atoms with Crippen molar-refractivity contribution < 1.29 is 0 Å². The molecule has 8 heavy (non-hydrogen) atoms. The minimum atomic E-state index is 0.856. The summed E-state index contributed by atoms with van der Waals surface area (Å²) in [5.41, 5.74) is 6.33. The van der Waals surface area contributed by atoms with Crippen molar-refractivity contribution in [3.8, 4) is 0 Å². The lowest BCUT2D eigenvalue weighted by molar-refractivity contribution is 1.18. The normalized spacial score (nSPS) is 13.0. The topological polar surface area (TPSA) is 26.0 Å². The molecule has 0 aliphatic heterocycles. The van der Waals surface area contributed by atoms with Gasteiger partial charge in [0, 0.05) is 5.70 Å². The lowest BCUT2D eigenvalue weighted by Gasteiger charge is -1.86. The van der Waals surface area contributed by atoms with Crippen LogP contribution in [0.25, 0.3) is 0 Å². The zero-order valence-corrected chi connectivity index (χ0v) is 5.52. The maximum atomic E-state index is 5.47. The summed E-state index contributed by atoms with van der Waals surface area (Å²) in [7, 11) is 0. The lowest BCUT2D eigenvalue weighted by atomic mass is 10.3. The Morgan fingerprint density at radius 3 is 2.62 bits per heavy atom. The number of nitrogens with two attached hydrogens (primary N) is 1. The van der Waals surface area contributed by atoms with E-state index in [9.17, 15) is 0 Å². The zero-order chi connectivity index (χ0) is 6.41. The Morgan fingerprint density at radius 1 is 1.62 bits per heavy atom. The van der Waals surface area contributed by atoms with Crippen molar-refractivity contribution in [2.75, 3.05) is 0 Å². The molecule has 0 bridgehead atoms. The first-order valence-electron chi connectivity index (χ1n) is 2.89. The van der Waals surface area contributed by atoms with Crippen LogP contribution in [0.15, 0.2) is 23.9 Å². The van der Waals surface area contributed by atoms with Gasteiger partial charge in [0.2, 0.25) is 0 Å². The van der Waals surface area contributed by atoms with Crippen LogP contribution in [0.3, 0.4) is 0 Å². The molecule has 1 nitrogen and oxygen atoms in total. The molecule has 0 amide bonds. The summed E-state index contributed by atoms with van der Waals surface area (Å²) >= 11 is 0. The van der Waals surface area contributed by atoms with E-state index in [1.54, 1.807) is 0 Å². The summed E-state index contributed by atoms with van der Waals surface area (Å²) in [5, 5.41) is 0. The highest BCUT2D eigenvalue weighted by atomic mass is 14.5. The highest BCUT2D eigenvalue weighted by molar-refractivity contribution is 5.13. The second-order valence-electron chi connectivity index (χ2n) is 1.61. The Labute approximate surface area is 50.9 Å². The minimum absolute atomic E-state index is 0.856. The molecule has 0 rings (SSSR count). The van der Waals surface area contributed by atoms with Crippen LogP contribution in [0.5, 0.6) is 0 Å². The van der Waals surface area contributed by atoms with Crippen molar-refractivity contribution in [1.29, 1.82) is 0 Å². The van der Waals surface area contributed by atoms with E-state index in [2.05, 4.69) is 6.92 Å². The van der Waals surface area contributed by atoms with E-state index in [-0.39, 0.29) is 0 Å². The fourth-order valence-corrected chi connectivity index (χ4v) is 0.496. The maximum Gasteiger partial charge on any atom is 0.0270 e. The van der Waals surface area contributed by atoms with Gasteiger partial charge in [0.15, 0.2) is 0 Å². The summed E-state index contributed by atoms with van der Waals surface area (Å²) in [5.74, 6) is 0. The molecule has 0 aromatic carbocycles. The first-order chi connectivity index (χ1) is 3.81. The van der Waals surface area contributed by atoms with Gasteiger partial charge in [-0.05, 0) is 19.4 Å². The Balaban J connectivity index is 3.61. The molecule has 0 aromatic rings. The van der Waals surface area contributed by atoms with E-state index in [0.29, 0.717) is 0 Å². The summed E-state index contributed by atoms with van der Waals surface area (Å²) in [4.78, 5) is 0. The van der Waals surface area contributed by atoms with Gasteiger partial charge in [0.25, 0.3) is 0 Å². The van der Waals surface area contributed by atoms with Crippen molar-refractivity contribution in [3.05, 3.63) is 23.9 Å². The van der Waals surface area contributed by atoms with Crippen LogP contribution >= 0.6 is 0 Å². The third-order valence-corrected chi connectivity index (χ3v) is 0.799. The highest BCUT2D eigenvalue weighted by Gasteiger charge is 1.74. The molecule has 0 spiro atoms. The first kappa shape index (κ1) is 7.28. The van der Waals surface area contributed by atoms with Gasteiger partial charge in [-0.2, -0.15) is 0 Å². The molecule has 0 radical (unpaired) electrons. The predicted molar refractivity (Wildman–Crippen MR) is 37.4 cm³/mol. The molecule has 0 saturated heterocycles. The highest BCUT2D eigenvalue weighted by Crippen LogP contribution is 1.88. The van der Waals surface area contributed by atoms with Crippen LogP contribution in [-0.2, 0) is 0 Å². The Bertz CT molecular complexity index is 101. The van der Waals surface area contributed by atoms with Gasteiger partial charge in [-0.3, -0.25) is 0 Å². The average molecular weight is 111 g/mol. The van der Waals surface area contributed by atoms with Crippen molar-refractivity contribution in [2.45, 2.75) is 20.3 Å². The monoisotopic (exact) mass is 111 g/mol. The number of hydrogen-bond donors (Lipinski definition) is 1. The van der Waals surface area contributed by atoms with Gasteiger partial charge in [-0.1, -0.05) is 19.1 Å². The van der Waals surface area contributed by atoms with Crippen LogP contribution in [0.4, 0.5) is 0 Å². The molecule has 0 atom stereocenters. The smallest absolute Gasteiger partial charge is 0.0270 e. The quantitative estimate of drug-likeness (QED) is 0.540. The van der Waals surface area contributed by atoms with E-state index >= 15 is 0 Å². The number of rotatable bonds is 2. The Kier molecular flexibility index (Phi) is 4.04. The largest absolute Gasteiger partial charge is 0.399 e. The van der Waals surface area contributed by atoms with E-state index in [0.717, 1.165) is 12.1 Å². The second kappa shape index (κ2) is 4.44. The molecule has 0 aliphatic carbocycles. The summed E-state index contributed by atoms with van der Waals surface area (Å²) < 4.78 is 0. The first-order valence-corrected chi connectivity index (χ1v) is 2.89. The fraction of sp³-hybridized carbons (Fsp3) is 0.429. The van der Waals surface area contributed by atoms with Crippen LogP contribution in [0.2, 0.25) is 0 Å². The molecular formula is C7H13N. The maximum absolute atomic E-state index is 5.47. The van der Waals surface area contributed by atoms with Gasteiger partial charge in [-0.25, -0.2) is 0 Å². The van der Waals surface area contributed by atoms with E-state index in [1.165, 1.54) is 0 Å². The molecule has 0 unspecified atom stereocenters. The van der Waals surface area contributed by atoms with Crippen molar-refractivity contribution in [3.63, 3.8) is 0 Å². The molecule has 2 N–H and O–H groups in total. The number of allylic oxidation sites excluding steroid dienone is 3. The van der Waals surface area contributed by atoms with E-state index < -0.39 is 0 Å². The minimum Gasteiger partial charge on any atom is -0.399 e. The van der Waals surface area contributed by atoms with Gasteiger partial charge in [0.05, 0.1) is 0 Å². The van der Waals surface area contributed by atoms with Gasteiger partial charge in [-0.15, -0.1) is 0 Å². The second-order valence-corrected chi connectivity index (χ2v) is 1.61. The van der Waals surface area contributed by atoms with Crippen LogP contribution in [0, 0.1) is 0 Å². The third-order valence-electron chi connectivity index (χ3n) is 0.799. The molecule has 0 aromatic heterocycles. The predicted octanol–water partition coefficient (Wildman–Crippen LogP) is 1.82. The summed E-state index contributed by atoms with van der Waals surface area (Å²) in [6, 6.07) is 0. The Morgan fingerprint density at radius 2 is 2.25 bits per heavy atom. The van der Waals surface area contributed by atoms with Crippen molar-refractivity contribution in [2.24, 2.45) is 5.73 Å². The average Bonchev–Trinajstić information content (AvgIpc) is 1.68. The lowest BCUT2D eigenvalue weighted by Crippen LogP contribution is -1.90. The van der Waals surface area contributed by atoms with E-state index in [4.69, 9.17) is 5.73 Å².